The minimum Gasteiger partial charge on any atom is -0.393 e. The van der Waals surface area contributed by atoms with Crippen molar-refractivity contribution >= 4 is 0 Å². The van der Waals surface area contributed by atoms with E-state index in [1.807, 2.05) is 0 Å². The highest BCUT2D eigenvalue weighted by Crippen LogP contribution is 2.66. The van der Waals surface area contributed by atoms with E-state index in [1.54, 1.807) is 11.1 Å². The van der Waals surface area contributed by atoms with Crippen molar-refractivity contribution in [2.45, 2.75) is 78.2 Å². The van der Waals surface area contributed by atoms with E-state index >= 15 is 0 Å². The van der Waals surface area contributed by atoms with E-state index in [9.17, 15) is 5.11 Å². The summed E-state index contributed by atoms with van der Waals surface area (Å²) in [4.78, 5) is 0. The summed E-state index contributed by atoms with van der Waals surface area (Å²) in [5.74, 6) is 2.66. The predicted octanol–water partition coefficient (Wildman–Crippen LogP) is 5.26. The zero-order valence-electron chi connectivity index (χ0n) is 14.6. The Balaban J connectivity index is 1.69. The minimum atomic E-state index is -0.0779. The molecule has 1 nitrogen and oxygen atoms in total. The Morgan fingerprint density at radius 1 is 1.09 bits per heavy atom. The Morgan fingerprint density at radius 2 is 1.82 bits per heavy atom. The van der Waals surface area contributed by atoms with Crippen molar-refractivity contribution in [3.63, 3.8) is 0 Å². The molecule has 0 aromatic heterocycles. The Bertz CT molecular complexity index is 530. The van der Waals surface area contributed by atoms with E-state index in [1.165, 1.54) is 38.5 Å². The quantitative estimate of drug-likeness (QED) is 0.605. The van der Waals surface area contributed by atoms with Crippen LogP contribution in [0.3, 0.4) is 0 Å². The van der Waals surface area contributed by atoms with Crippen LogP contribution in [-0.2, 0) is 0 Å². The van der Waals surface area contributed by atoms with Crippen LogP contribution >= 0.6 is 0 Å². The SMILES string of the molecule is C/C=C1/CCC2C3CC=C4CC(O)CCC4(C)C3CCC12C. The largest absolute Gasteiger partial charge is 0.393 e. The molecule has 122 valence electrons. The highest BCUT2D eigenvalue weighted by atomic mass is 16.3. The number of allylic oxidation sites excluding steroid dienone is 3. The average molecular weight is 300 g/mol. The topological polar surface area (TPSA) is 20.2 Å². The first kappa shape index (κ1) is 15.0. The molecule has 0 radical (unpaired) electrons. The van der Waals surface area contributed by atoms with Gasteiger partial charge in [0.25, 0.3) is 0 Å². The van der Waals surface area contributed by atoms with Crippen LogP contribution in [0.25, 0.3) is 0 Å². The third-order valence-electron chi connectivity index (χ3n) is 8.27. The van der Waals surface area contributed by atoms with E-state index < -0.39 is 0 Å². The van der Waals surface area contributed by atoms with E-state index in [4.69, 9.17) is 0 Å². The number of aliphatic hydroxyl groups excluding tert-OH is 1. The maximum atomic E-state index is 10.1. The molecule has 4 rings (SSSR count). The molecule has 3 saturated carbocycles. The van der Waals surface area contributed by atoms with Gasteiger partial charge in [0.15, 0.2) is 0 Å². The Labute approximate surface area is 135 Å². The Kier molecular flexibility index (Phi) is 3.39. The highest BCUT2D eigenvalue weighted by Gasteiger charge is 2.56. The van der Waals surface area contributed by atoms with E-state index in [2.05, 4.69) is 32.9 Å². The minimum absolute atomic E-state index is 0.0779. The van der Waals surface area contributed by atoms with Gasteiger partial charge in [-0.15, -0.1) is 0 Å². The molecule has 6 atom stereocenters. The van der Waals surface area contributed by atoms with Crippen LogP contribution in [0.15, 0.2) is 23.3 Å². The number of rotatable bonds is 0. The van der Waals surface area contributed by atoms with Crippen LogP contribution in [0, 0.1) is 28.6 Å². The van der Waals surface area contributed by atoms with Crippen molar-refractivity contribution in [2.75, 3.05) is 0 Å². The van der Waals surface area contributed by atoms with Crippen LogP contribution < -0.4 is 0 Å². The molecule has 4 aliphatic rings. The number of hydrogen-bond acceptors (Lipinski definition) is 1. The normalized spacial score (nSPS) is 52.7. The standard InChI is InChI=1S/C21H32O/c1-4-14-6-8-18-17-7-5-15-13-16(22)9-11-21(15,3)19(17)10-12-20(14,18)2/h4-5,16-19,22H,6-13H2,1-3H3/b14-4-. The van der Waals surface area contributed by atoms with Gasteiger partial charge in [-0.2, -0.15) is 0 Å². The molecule has 22 heavy (non-hydrogen) atoms. The predicted molar refractivity (Wildman–Crippen MR) is 91.5 cm³/mol. The summed E-state index contributed by atoms with van der Waals surface area (Å²) in [6.45, 7) is 7.33. The first-order valence-electron chi connectivity index (χ1n) is 9.52. The summed E-state index contributed by atoms with van der Waals surface area (Å²) in [7, 11) is 0. The van der Waals surface area contributed by atoms with Crippen molar-refractivity contribution < 1.29 is 5.11 Å². The Hall–Kier alpha value is -0.560. The molecule has 0 amide bonds. The lowest BCUT2D eigenvalue weighted by Gasteiger charge is -2.57. The van der Waals surface area contributed by atoms with Gasteiger partial charge >= 0.3 is 0 Å². The first-order valence-corrected chi connectivity index (χ1v) is 9.52. The summed E-state index contributed by atoms with van der Waals surface area (Å²) in [6, 6.07) is 0. The monoisotopic (exact) mass is 300 g/mol. The van der Waals surface area contributed by atoms with Crippen LogP contribution in [0.1, 0.15) is 72.1 Å². The zero-order valence-corrected chi connectivity index (χ0v) is 14.6. The van der Waals surface area contributed by atoms with Crippen molar-refractivity contribution in [1.29, 1.82) is 0 Å². The van der Waals surface area contributed by atoms with Crippen LogP contribution in [-0.4, -0.2) is 11.2 Å². The molecule has 0 saturated heterocycles. The molecule has 1 N–H and O–H groups in total. The van der Waals surface area contributed by atoms with E-state index in [0.29, 0.717) is 10.8 Å². The van der Waals surface area contributed by atoms with Crippen molar-refractivity contribution in [3.05, 3.63) is 23.3 Å². The maximum Gasteiger partial charge on any atom is 0.0577 e. The van der Waals surface area contributed by atoms with Crippen LogP contribution in [0.2, 0.25) is 0 Å². The van der Waals surface area contributed by atoms with E-state index in [-0.39, 0.29) is 6.10 Å². The first-order chi connectivity index (χ1) is 10.5. The summed E-state index contributed by atoms with van der Waals surface area (Å²) < 4.78 is 0. The fourth-order valence-corrected chi connectivity index (χ4v) is 6.96. The molecule has 0 bridgehead atoms. The van der Waals surface area contributed by atoms with Crippen molar-refractivity contribution in [3.8, 4) is 0 Å². The lowest BCUT2D eigenvalue weighted by molar-refractivity contribution is -0.0268. The van der Waals surface area contributed by atoms with Gasteiger partial charge in [-0.3, -0.25) is 0 Å². The molecule has 0 heterocycles. The lowest BCUT2D eigenvalue weighted by atomic mass is 9.48. The zero-order chi connectivity index (χ0) is 15.5. The molecule has 1 heteroatoms. The van der Waals surface area contributed by atoms with Gasteiger partial charge in [-0.05, 0) is 86.9 Å². The van der Waals surface area contributed by atoms with Gasteiger partial charge in [-0.1, -0.05) is 37.1 Å². The smallest absolute Gasteiger partial charge is 0.0577 e. The fourth-order valence-electron chi connectivity index (χ4n) is 6.96. The summed E-state index contributed by atoms with van der Waals surface area (Å²) in [5, 5.41) is 10.1. The molecule has 6 unspecified atom stereocenters. The number of fused-ring (bicyclic) bond motifs is 5. The average Bonchev–Trinajstić information content (AvgIpc) is 2.84. The second-order valence-electron chi connectivity index (χ2n) is 8.96. The molecule has 0 spiro atoms. The van der Waals surface area contributed by atoms with Crippen molar-refractivity contribution in [1.82, 2.24) is 0 Å². The molecule has 4 aliphatic carbocycles. The van der Waals surface area contributed by atoms with Crippen molar-refractivity contribution in [2.24, 2.45) is 28.6 Å². The molecule has 0 aliphatic heterocycles. The van der Waals surface area contributed by atoms with E-state index in [0.717, 1.165) is 30.6 Å². The molecular weight excluding hydrogens is 268 g/mol. The lowest BCUT2D eigenvalue weighted by Crippen LogP contribution is -2.49. The molecule has 3 fully saturated rings. The van der Waals surface area contributed by atoms with Gasteiger partial charge in [0.1, 0.15) is 0 Å². The maximum absolute atomic E-state index is 10.1. The van der Waals surface area contributed by atoms with Gasteiger partial charge in [0.2, 0.25) is 0 Å². The van der Waals surface area contributed by atoms with Crippen LogP contribution in [0.4, 0.5) is 0 Å². The third kappa shape index (κ3) is 1.87. The van der Waals surface area contributed by atoms with Gasteiger partial charge in [0, 0.05) is 0 Å². The fraction of sp³-hybridized carbons (Fsp3) is 0.810. The molecule has 0 aromatic rings. The summed E-state index contributed by atoms with van der Waals surface area (Å²) in [5.41, 5.74) is 4.23. The Morgan fingerprint density at radius 3 is 2.59 bits per heavy atom. The molecule has 0 aromatic carbocycles. The number of hydrogen-bond donors (Lipinski definition) is 1. The third-order valence-corrected chi connectivity index (χ3v) is 8.27. The van der Waals surface area contributed by atoms with Gasteiger partial charge < -0.3 is 5.11 Å². The summed E-state index contributed by atoms with van der Waals surface area (Å²) >= 11 is 0. The second-order valence-corrected chi connectivity index (χ2v) is 8.96. The van der Waals surface area contributed by atoms with Gasteiger partial charge in [-0.25, -0.2) is 0 Å². The molecular formula is C21H32O. The van der Waals surface area contributed by atoms with Crippen LogP contribution in [0.5, 0.6) is 0 Å². The number of aliphatic hydroxyl groups is 1. The highest BCUT2D eigenvalue weighted by molar-refractivity contribution is 5.29. The summed E-state index contributed by atoms with van der Waals surface area (Å²) in [6.07, 6.45) is 14.9. The van der Waals surface area contributed by atoms with Gasteiger partial charge in [0.05, 0.1) is 6.10 Å². The second kappa shape index (κ2) is 4.97.